The Kier molecular flexibility index (Phi) is 23.6. The van der Waals surface area contributed by atoms with Crippen LogP contribution in [0.5, 0.6) is 0 Å². The molecular formula is C26H58ClNO3Si. The summed E-state index contributed by atoms with van der Waals surface area (Å²) in [4.78, 5) is 0. The van der Waals surface area contributed by atoms with Crippen molar-refractivity contribution >= 4 is 8.80 Å². The molecule has 6 heteroatoms. The molecule has 0 radical (unpaired) electrons. The van der Waals surface area contributed by atoms with Gasteiger partial charge in [-0.3, -0.25) is 0 Å². The summed E-state index contributed by atoms with van der Waals surface area (Å²) in [5.41, 5.74) is 0.281. The number of hydrogen-bond acceptors (Lipinski definition) is 3. The number of halogens is 1. The van der Waals surface area contributed by atoms with Gasteiger partial charge in [-0.25, -0.2) is 0 Å². The van der Waals surface area contributed by atoms with Crippen LogP contribution in [-0.2, 0) is 13.3 Å². The van der Waals surface area contributed by atoms with Gasteiger partial charge >= 0.3 is 8.80 Å². The van der Waals surface area contributed by atoms with E-state index in [-0.39, 0.29) is 18.1 Å². The van der Waals surface area contributed by atoms with Gasteiger partial charge in [0.2, 0.25) is 0 Å². The maximum Gasteiger partial charge on any atom is 0.561 e. The van der Waals surface area contributed by atoms with Gasteiger partial charge in [-0.15, -0.1) is 0 Å². The van der Waals surface area contributed by atoms with Crippen LogP contribution in [-0.4, -0.2) is 60.9 Å². The van der Waals surface area contributed by atoms with Gasteiger partial charge in [0.15, 0.2) is 5.67 Å². The zero-order valence-corrected chi connectivity index (χ0v) is 24.6. The molecule has 196 valence electrons. The van der Waals surface area contributed by atoms with Gasteiger partial charge < -0.3 is 30.2 Å². The van der Waals surface area contributed by atoms with E-state index in [1.807, 2.05) is 0 Å². The van der Waals surface area contributed by atoms with Gasteiger partial charge in [-0.2, -0.15) is 0 Å². The molecule has 0 spiro atoms. The van der Waals surface area contributed by atoms with E-state index >= 15 is 0 Å². The quantitative estimate of drug-likeness (QED) is 0.118. The molecular weight excluding hydrogens is 438 g/mol. The number of rotatable bonds is 23. The lowest BCUT2D eigenvalue weighted by atomic mass is 10.0. The van der Waals surface area contributed by atoms with Crippen LogP contribution in [0.1, 0.15) is 123 Å². The largest absolute Gasteiger partial charge is 1.00 e. The minimum Gasteiger partial charge on any atom is -1.00 e. The Bertz CT molecular complexity index is 387. The third kappa shape index (κ3) is 14.6. The Morgan fingerprint density at radius 1 is 0.562 bits per heavy atom. The average molecular weight is 496 g/mol. The van der Waals surface area contributed by atoms with E-state index in [4.69, 9.17) is 13.3 Å². The fraction of sp³-hybridized carbons (Fsp3) is 1.00. The van der Waals surface area contributed by atoms with Crippen molar-refractivity contribution in [1.82, 2.24) is 0 Å². The average Bonchev–Trinajstić information content (AvgIpc) is 2.77. The van der Waals surface area contributed by atoms with Gasteiger partial charge in [0, 0.05) is 27.8 Å². The van der Waals surface area contributed by atoms with Crippen LogP contribution in [0.25, 0.3) is 0 Å². The molecule has 0 amide bonds. The molecule has 0 aliphatic carbocycles. The molecule has 4 nitrogen and oxygen atoms in total. The smallest absolute Gasteiger partial charge is 0.561 e. The topological polar surface area (TPSA) is 27.7 Å². The van der Waals surface area contributed by atoms with Gasteiger partial charge in [0.25, 0.3) is 0 Å². The van der Waals surface area contributed by atoms with Crippen LogP contribution < -0.4 is 12.4 Å². The monoisotopic (exact) mass is 495 g/mol. The zero-order valence-electron chi connectivity index (χ0n) is 22.9. The van der Waals surface area contributed by atoms with Crippen molar-refractivity contribution in [1.29, 1.82) is 0 Å². The highest BCUT2D eigenvalue weighted by atomic mass is 35.5. The molecule has 0 aromatic rings. The Labute approximate surface area is 209 Å². The van der Waals surface area contributed by atoms with E-state index in [2.05, 4.69) is 27.9 Å². The number of nitrogens with zero attached hydrogens (tertiary/aromatic N) is 1. The molecule has 0 aromatic heterocycles. The van der Waals surface area contributed by atoms with Gasteiger partial charge in [-0.1, -0.05) is 104 Å². The van der Waals surface area contributed by atoms with Crippen LogP contribution in [0.2, 0.25) is 0 Å². The maximum atomic E-state index is 5.79. The Balaban J connectivity index is 0. The normalized spacial score (nSPS) is 13.2. The highest BCUT2D eigenvalue weighted by Gasteiger charge is 2.55. The fourth-order valence-corrected chi connectivity index (χ4v) is 7.86. The van der Waals surface area contributed by atoms with E-state index in [0.717, 1.165) is 17.4 Å². The predicted molar refractivity (Wildman–Crippen MR) is 137 cm³/mol. The summed E-state index contributed by atoms with van der Waals surface area (Å²) in [7, 11) is 7.18. The molecule has 1 unspecified atom stereocenters. The van der Waals surface area contributed by atoms with Crippen molar-refractivity contribution in [3.63, 3.8) is 0 Å². The van der Waals surface area contributed by atoms with Crippen LogP contribution >= 0.6 is 0 Å². The molecule has 0 N–H and O–H groups in total. The summed E-state index contributed by atoms with van der Waals surface area (Å²) in [5, 5.41) is 0. The molecule has 0 fully saturated rings. The molecule has 0 bridgehead atoms. The molecule has 0 saturated heterocycles. The highest BCUT2D eigenvalue weighted by molar-refractivity contribution is 6.62. The SMILES string of the molecule is CCCCCCCCCCCCCCCCCC[N+](C)(C)C(CC)[Si](OC)(OC)OC.[Cl-]. The van der Waals surface area contributed by atoms with Gasteiger partial charge in [-0.05, 0) is 12.8 Å². The third-order valence-corrected chi connectivity index (χ3v) is 10.7. The summed E-state index contributed by atoms with van der Waals surface area (Å²) in [6.45, 7) is 5.67. The molecule has 0 aliphatic heterocycles. The molecule has 0 heterocycles. The standard InChI is InChI=1S/C26H58NO3Si.ClH/c1-8-10-11-12-13-14-15-16-17-18-19-20-21-22-23-24-25-27(3,4)26(9-2)31(28-5,29-6)30-7;/h26H,8-25H2,1-7H3;1H/q+1;/p-1. The molecule has 32 heavy (non-hydrogen) atoms. The molecule has 1 atom stereocenters. The summed E-state index contributed by atoms with van der Waals surface area (Å²) < 4.78 is 18.3. The van der Waals surface area contributed by atoms with Crippen molar-refractivity contribution < 1.29 is 30.2 Å². The first-order valence-corrected chi connectivity index (χ1v) is 15.2. The molecule has 0 aliphatic rings. The molecule has 0 saturated carbocycles. The number of quaternary nitrogens is 1. The lowest BCUT2D eigenvalue weighted by molar-refractivity contribution is -0.906. The van der Waals surface area contributed by atoms with Crippen LogP contribution in [0, 0.1) is 0 Å². The maximum absolute atomic E-state index is 5.79. The Morgan fingerprint density at radius 3 is 1.16 bits per heavy atom. The van der Waals surface area contributed by atoms with E-state index in [1.54, 1.807) is 21.3 Å². The first-order valence-electron chi connectivity index (χ1n) is 13.4. The third-order valence-electron chi connectivity index (χ3n) is 7.08. The Hall–Kier alpha value is 0.347. The molecule has 0 rings (SSSR count). The van der Waals surface area contributed by atoms with Crippen molar-refractivity contribution in [2.45, 2.75) is 129 Å². The summed E-state index contributed by atoms with van der Waals surface area (Å²) in [6.07, 6.45) is 23.6. The van der Waals surface area contributed by atoms with Gasteiger partial charge in [0.1, 0.15) is 0 Å². The number of hydrogen-bond donors (Lipinski definition) is 0. The second-order valence-corrected chi connectivity index (χ2v) is 13.0. The van der Waals surface area contributed by atoms with E-state index < -0.39 is 8.80 Å². The molecule has 0 aromatic carbocycles. The van der Waals surface area contributed by atoms with Crippen molar-refractivity contribution in [2.75, 3.05) is 42.0 Å². The predicted octanol–water partition coefficient (Wildman–Crippen LogP) is 4.52. The summed E-state index contributed by atoms with van der Waals surface area (Å²) in [5.74, 6) is 0. The minimum atomic E-state index is -2.62. The second kappa shape index (κ2) is 21.9. The highest BCUT2D eigenvalue weighted by Crippen LogP contribution is 2.25. The number of unbranched alkanes of at least 4 members (excludes halogenated alkanes) is 15. The van der Waals surface area contributed by atoms with E-state index in [1.165, 1.54) is 103 Å². The van der Waals surface area contributed by atoms with Crippen LogP contribution in [0.15, 0.2) is 0 Å². The zero-order chi connectivity index (χ0) is 23.4. The van der Waals surface area contributed by atoms with Crippen LogP contribution in [0.3, 0.4) is 0 Å². The lowest BCUT2D eigenvalue weighted by Gasteiger charge is -2.43. The Morgan fingerprint density at radius 2 is 0.875 bits per heavy atom. The minimum absolute atomic E-state index is 0. The van der Waals surface area contributed by atoms with E-state index in [0.29, 0.717) is 0 Å². The first-order chi connectivity index (χ1) is 14.9. The van der Waals surface area contributed by atoms with Gasteiger partial charge in [0.05, 0.1) is 20.6 Å². The van der Waals surface area contributed by atoms with Crippen molar-refractivity contribution in [3.8, 4) is 0 Å². The second-order valence-electron chi connectivity index (χ2n) is 9.95. The summed E-state index contributed by atoms with van der Waals surface area (Å²) in [6, 6.07) is 0. The van der Waals surface area contributed by atoms with Crippen molar-refractivity contribution in [3.05, 3.63) is 0 Å². The lowest BCUT2D eigenvalue weighted by Crippen LogP contribution is -3.00. The first kappa shape index (κ1) is 34.5. The fourth-order valence-electron chi connectivity index (χ4n) is 5.05. The summed E-state index contributed by atoms with van der Waals surface area (Å²) >= 11 is 0. The van der Waals surface area contributed by atoms with Crippen molar-refractivity contribution in [2.24, 2.45) is 0 Å². The van der Waals surface area contributed by atoms with E-state index in [9.17, 15) is 0 Å². The van der Waals surface area contributed by atoms with Crippen LogP contribution in [0.4, 0.5) is 0 Å².